The summed E-state index contributed by atoms with van der Waals surface area (Å²) < 4.78 is 33.0. The number of benzene rings is 1. The molecule has 0 amide bonds. The minimum atomic E-state index is -3.68. The summed E-state index contributed by atoms with van der Waals surface area (Å²) in [6.45, 7) is 4.60. The van der Waals surface area contributed by atoms with Gasteiger partial charge in [-0.2, -0.15) is 9.61 Å². The van der Waals surface area contributed by atoms with Crippen LogP contribution in [0.15, 0.2) is 52.4 Å². The lowest BCUT2D eigenvalue weighted by molar-refractivity contribution is 0.122. The van der Waals surface area contributed by atoms with Crippen LogP contribution in [0.5, 0.6) is 0 Å². The van der Waals surface area contributed by atoms with Crippen LogP contribution in [0.2, 0.25) is 0 Å². The quantitative estimate of drug-likeness (QED) is 0.709. The molecule has 130 valence electrons. The first-order chi connectivity index (χ1) is 12.1. The molecule has 4 rings (SSSR count). The van der Waals surface area contributed by atoms with E-state index in [2.05, 4.69) is 15.0 Å². The van der Waals surface area contributed by atoms with Crippen LogP contribution in [0.3, 0.4) is 0 Å². The van der Waals surface area contributed by atoms with Gasteiger partial charge in [-0.25, -0.2) is 13.4 Å². The van der Waals surface area contributed by atoms with Gasteiger partial charge in [0.15, 0.2) is 5.65 Å². The van der Waals surface area contributed by atoms with E-state index in [-0.39, 0.29) is 9.79 Å². The summed E-state index contributed by atoms with van der Waals surface area (Å²) in [4.78, 5) is 6.94. The molecule has 0 bridgehead atoms. The third-order valence-electron chi connectivity index (χ3n) is 4.23. The zero-order valence-electron chi connectivity index (χ0n) is 13.8. The first-order valence-electron chi connectivity index (χ1n) is 8.05. The van der Waals surface area contributed by atoms with Gasteiger partial charge in [0.25, 0.3) is 0 Å². The average molecular weight is 358 g/mol. The predicted octanol–water partition coefficient (Wildman–Crippen LogP) is 1.71. The van der Waals surface area contributed by atoms with Crippen LogP contribution in [0.1, 0.15) is 5.69 Å². The molecule has 0 unspecified atom stereocenters. The largest absolute Gasteiger partial charge is 0.378 e. The third kappa shape index (κ3) is 2.77. The van der Waals surface area contributed by atoms with Gasteiger partial charge in [-0.05, 0) is 19.1 Å². The van der Waals surface area contributed by atoms with Crippen molar-refractivity contribution in [3.05, 3.63) is 48.3 Å². The van der Waals surface area contributed by atoms with Crippen LogP contribution >= 0.6 is 0 Å². The molecular formula is C17H18N4O3S. The number of sulfone groups is 1. The first-order valence-corrected chi connectivity index (χ1v) is 9.54. The van der Waals surface area contributed by atoms with Gasteiger partial charge in [0.1, 0.15) is 10.7 Å². The van der Waals surface area contributed by atoms with Crippen LogP contribution in [-0.4, -0.2) is 49.3 Å². The molecule has 25 heavy (non-hydrogen) atoms. The number of fused-ring (bicyclic) bond motifs is 1. The highest BCUT2D eigenvalue weighted by molar-refractivity contribution is 7.91. The fourth-order valence-electron chi connectivity index (χ4n) is 2.98. The minimum Gasteiger partial charge on any atom is -0.378 e. The normalized spacial score (nSPS) is 15.6. The number of rotatable bonds is 3. The van der Waals surface area contributed by atoms with Gasteiger partial charge in [0.05, 0.1) is 24.3 Å². The van der Waals surface area contributed by atoms with E-state index in [1.54, 1.807) is 34.8 Å². The number of aromatic nitrogens is 3. The molecule has 0 spiro atoms. The Morgan fingerprint density at radius 1 is 1.12 bits per heavy atom. The number of nitrogens with zero attached hydrogens (tertiary/aromatic N) is 4. The summed E-state index contributed by atoms with van der Waals surface area (Å²) in [7, 11) is -3.68. The molecule has 1 aromatic carbocycles. The molecule has 3 heterocycles. The Balaban J connectivity index is 1.89. The lowest BCUT2D eigenvalue weighted by Crippen LogP contribution is -2.37. The van der Waals surface area contributed by atoms with E-state index in [0.29, 0.717) is 18.9 Å². The van der Waals surface area contributed by atoms with E-state index in [1.807, 2.05) is 13.0 Å². The highest BCUT2D eigenvalue weighted by atomic mass is 32.2. The fraction of sp³-hybridized carbons (Fsp3) is 0.294. The summed E-state index contributed by atoms with van der Waals surface area (Å²) >= 11 is 0. The van der Waals surface area contributed by atoms with E-state index in [9.17, 15) is 8.42 Å². The second-order valence-electron chi connectivity index (χ2n) is 5.92. The minimum absolute atomic E-state index is 0.122. The number of morpholine rings is 1. The molecule has 0 aliphatic carbocycles. The Labute approximate surface area is 145 Å². The molecule has 0 atom stereocenters. The Kier molecular flexibility index (Phi) is 3.93. The van der Waals surface area contributed by atoms with Gasteiger partial charge in [-0.15, -0.1) is 0 Å². The topological polar surface area (TPSA) is 76.8 Å². The van der Waals surface area contributed by atoms with Crippen molar-refractivity contribution in [2.45, 2.75) is 16.7 Å². The van der Waals surface area contributed by atoms with Crippen molar-refractivity contribution in [1.82, 2.24) is 14.6 Å². The van der Waals surface area contributed by atoms with Crippen LogP contribution in [-0.2, 0) is 14.6 Å². The third-order valence-corrected chi connectivity index (χ3v) is 5.99. The summed E-state index contributed by atoms with van der Waals surface area (Å²) in [6.07, 6.45) is 1.38. The molecule has 0 saturated carbocycles. The van der Waals surface area contributed by atoms with Gasteiger partial charge in [-0.3, -0.25) is 0 Å². The predicted molar refractivity (Wildman–Crippen MR) is 92.6 cm³/mol. The molecule has 0 radical (unpaired) electrons. The summed E-state index contributed by atoms with van der Waals surface area (Å²) in [5, 5.41) is 4.32. The monoisotopic (exact) mass is 358 g/mol. The fourth-order valence-corrected chi connectivity index (χ4v) is 4.31. The SMILES string of the molecule is Cc1cc(N2CCOCC2)n2ncc(S(=O)(=O)c3ccccc3)c2n1. The lowest BCUT2D eigenvalue weighted by Gasteiger charge is -2.29. The van der Waals surface area contributed by atoms with E-state index in [1.165, 1.54) is 6.20 Å². The smallest absolute Gasteiger partial charge is 0.211 e. The molecular weight excluding hydrogens is 340 g/mol. The van der Waals surface area contributed by atoms with Gasteiger partial charge in [0, 0.05) is 24.8 Å². The van der Waals surface area contributed by atoms with Crippen LogP contribution in [0, 0.1) is 6.92 Å². The lowest BCUT2D eigenvalue weighted by atomic mass is 10.3. The molecule has 8 heteroatoms. The zero-order chi connectivity index (χ0) is 17.4. The Morgan fingerprint density at radius 3 is 2.56 bits per heavy atom. The maximum atomic E-state index is 13.0. The highest BCUT2D eigenvalue weighted by Gasteiger charge is 2.25. The van der Waals surface area contributed by atoms with Crippen molar-refractivity contribution < 1.29 is 13.2 Å². The molecule has 2 aromatic heterocycles. The van der Waals surface area contributed by atoms with Crippen molar-refractivity contribution in [3.63, 3.8) is 0 Å². The van der Waals surface area contributed by atoms with Crippen molar-refractivity contribution in [2.75, 3.05) is 31.2 Å². The maximum Gasteiger partial charge on any atom is 0.211 e. The summed E-state index contributed by atoms with van der Waals surface area (Å²) in [5.41, 5.74) is 1.10. The van der Waals surface area contributed by atoms with Crippen molar-refractivity contribution >= 4 is 21.3 Å². The van der Waals surface area contributed by atoms with Crippen LogP contribution in [0.25, 0.3) is 5.65 Å². The molecule has 0 N–H and O–H groups in total. The van der Waals surface area contributed by atoms with Crippen molar-refractivity contribution in [2.24, 2.45) is 0 Å². The first kappa shape index (κ1) is 16.0. The standard InChI is InChI=1S/C17H18N4O3S/c1-13-11-16(20-7-9-24-10-8-20)21-17(19-13)15(12-18-21)25(22,23)14-5-3-2-4-6-14/h2-6,11-12H,7-10H2,1H3. The second-order valence-corrected chi connectivity index (χ2v) is 7.83. The van der Waals surface area contributed by atoms with E-state index in [0.717, 1.165) is 24.6 Å². The molecule has 7 nitrogen and oxygen atoms in total. The molecule has 1 fully saturated rings. The molecule has 1 saturated heterocycles. The van der Waals surface area contributed by atoms with Gasteiger partial charge >= 0.3 is 0 Å². The average Bonchev–Trinajstić information content (AvgIpc) is 3.07. The van der Waals surface area contributed by atoms with E-state index < -0.39 is 9.84 Å². The van der Waals surface area contributed by atoms with Gasteiger partial charge in [-0.1, -0.05) is 18.2 Å². The highest BCUT2D eigenvalue weighted by Crippen LogP contribution is 2.27. The molecule has 1 aliphatic rings. The second kappa shape index (κ2) is 6.12. The van der Waals surface area contributed by atoms with Crippen molar-refractivity contribution in [1.29, 1.82) is 0 Å². The molecule has 3 aromatic rings. The van der Waals surface area contributed by atoms with E-state index >= 15 is 0 Å². The van der Waals surface area contributed by atoms with Gasteiger partial charge in [0.2, 0.25) is 9.84 Å². The zero-order valence-corrected chi connectivity index (χ0v) is 14.6. The number of hydrogen-bond donors (Lipinski definition) is 0. The number of ether oxygens (including phenoxy) is 1. The van der Waals surface area contributed by atoms with E-state index in [4.69, 9.17) is 4.74 Å². The Morgan fingerprint density at radius 2 is 1.84 bits per heavy atom. The summed E-state index contributed by atoms with van der Waals surface area (Å²) in [5.74, 6) is 0.834. The number of aryl methyl sites for hydroxylation is 1. The summed E-state index contributed by atoms with van der Waals surface area (Å²) in [6, 6.07) is 10.3. The maximum absolute atomic E-state index is 13.0. The molecule has 1 aliphatic heterocycles. The number of anilines is 1. The van der Waals surface area contributed by atoms with Crippen molar-refractivity contribution in [3.8, 4) is 0 Å². The van der Waals surface area contributed by atoms with Crippen LogP contribution < -0.4 is 4.90 Å². The number of hydrogen-bond acceptors (Lipinski definition) is 6. The van der Waals surface area contributed by atoms with Gasteiger partial charge < -0.3 is 9.64 Å². The Hall–Kier alpha value is -2.45. The Bertz CT molecular complexity index is 1010. The van der Waals surface area contributed by atoms with Crippen LogP contribution in [0.4, 0.5) is 5.82 Å².